The molecule has 6 aromatic heterocycles. The lowest BCUT2D eigenvalue weighted by Gasteiger charge is -2.36. The summed E-state index contributed by atoms with van der Waals surface area (Å²) in [7, 11) is 7.85. The van der Waals surface area contributed by atoms with Crippen LogP contribution in [0.4, 0.5) is 0 Å². The Bertz CT molecular complexity index is 5330. The highest BCUT2D eigenvalue weighted by Gasteiger charge is 2.57. The summed E-state index contributed by atoms with van der Waals surface area (Å²) in [4.78, 5) is 123. The number of H-pyrrole nitrogens is 6. The largest absolute Gasteiger partial charge is 0.481 e. The van der Waals surface area contributed by atoms with E-state index in [2.05, 4.69) is 53.7 Å². The summed E-state index contributed by atoms with van der Waals surface area (Å²) in [6.07, 6.45) is 27.7. The fourth-order valence-corrected chi connectivity index (χ4v) is 15.7. The molecule has 552 valence electrons. The Morgan fingerprint density at radius 1 is 0.396 bits per heavy atom. The summed E-state index contributed by atoms with van der Waals surface area (Å²) in [5, 5.41) is 29.6. The maximum atomic E-state index is 13.7. The minimum absolute atomic E-state index is 0.0595. The topological polar surface area (TPSA) is 351 Å². The van der Waals surface area contributed by atoms with Crippen LogP contribution in [0.5, 0.6) is 0 Å². The van der Waals surface area contributed by atoms with Gasteiger partial charge < -0.3 is 79.2 Å². The minimum atomic E-state index is -1.11. The number of esters is 6. The quantitative estimate of drug-likeness (QED) is 0.0285. The molecule has 6 aliphatic rings. The maximum Gasteiger partial charge on any atom is 0.334 e. The van der Waals surface area contributed by atoms with Crippen molar-refractivity contribution in [2.24, 2.45) is 22.7 Å². The van der Waals surface area contributed by atoms with Crippen LogP contribution in [0.2, 0.25) is 0 Å². The van der Waals surface area contributed by atoms with E-state index in [1.54, 1.807) is 24.3 Å². The van der Waals surface area contributed by atoms with E-state index in [4.69, 9.17) is 28.4 Å². The van der Waals surface area contributed by atoms with Crippen molar-refractivity contribution in [3.8, 4) is 0 Å². The van der Waals surface area contributed by atoms with Crippen LogP contribution >= 0.6 is 0 Å². The molecule has 0 saturated carbocycles. The molecule has 4 atom stereocenters. The number of carboxylic acid groups (broad SMARTS) is 2. The number of fused-ring (bicyclic) bond motifs is 22. The molecule has 0 unspecified atom stereocenters. The number of aliphatic carboxylic acids is 2. The van der Waals surface area contributed by atoms with Crippen LogP contribution < -0.4 is 32.0 Å². The van der Waals surface area contributed by atoms with Crippen molar-refractivity contribution >= 4 is 109 Å². The molecule has 2 fully saturated rings. The van der Waals surface area contributed by atoms with Crippen molar-refractivity contribution in [3.63, 3.8) is 0 Å². The second-order valence-electron chi connectivity index (χ2n) is 27.3. The number of carbonyl (C=O) groups is 8. The number of carboxylic acids is 2. The normalized spacial score (nSPS) is 18.5. The van der Waals surface area contributed by atoms with Crippen LogP contribution in [-0.2, 0) is 92.5 Å². The molecule has 2 saturated heterocycles. The first kappa shape index (κ1) is 75.1. The van der Waals surface area contributed by atoms with Gasteiger partial charge in [-0.25, -0.2) is 9.59 Å². The third-order valence-electron chi connectivity index (χ3n) is 21.8. The molecule has 6 aromatic rings. The van der Waals surface area contributed by atoms with Gasteiger partial charge in [-0.2, -0.15) is 0 Å². The van der Waals surface area contributed by atoms with E-state index in [1.807, 2.05) is 116 Å². The molecule has 106 heavy (non-hydrogen) atoms. The van der Waals surface area contributed by atoms with Gasteiger partial charge in [0.05, 0.1) is 64.6 Å². The monoisotopic (exact) mass is 1440 g/mol. The zero-order valence-corrected chi connectivity index (χ0v) is 61.9. The smallest absolute Gasteiger partial charge is 0.334 e. The fraction of sp³-hybridized carbons (Fsp3) is 0.317. The second kappa shape index (κ2) is 29.9. The minimum Gasteiger partial charge on any atom is -0.481 e. The van der Waals surface area contributed by atoms with Gasteiger partial charge in [-0.3, -0.25) is 28.8 Å². The van der Waals surface area contributed by atoms with Crippen molar-refractivity contribution in [2.75, 3.05) is 42.7 Å². The summed E-state index contributed by atoms with van der Waals surface area (Å²) < 4.78 is 30.8. The van der Waals surface area contributed by atoms with Crippen molar-refractivity contribution in [1.29, 1.82) is 0 Å². The third-order valence-corrected chi connectivity index (χ3v) is 21.8. The van der Waals surface area contributed by atoms with Gasteiger partial charge in [-0.15, -0.1) is 0 Å². The van der Waals surface area contributed by atoms with E-state index in [0.29, 0.717) is 59.1 Å². The van der Waals surface area contributed by atoms with Crippen LogP contribution in [0.3, 0.4) is 0 Å². The van der Waals surface area contributed by atoms with E-state index < -0.39 is 58.5 Å². The highest BCUT2D eigenvalue weighted by Crippen LogP contribution is 2.57. The molecule has 2 aliphatic carbocycles. The number of carbonyl (C=O) groups excluding carboxylic acids is 6. The highest BCUT2D eigenvalue weighted by atomic mass is 16.5. The van der Waals surface area contributed by atoms with Crippen LogP contribution in [0, 0.1) is 64.2 Å². The lowest BCUT2D eigenvalue weighted by atomic mass is 9.64. The number of methoxy groups -OCH3 is 6. The Kier molecular flexibility index (Phi) is 21.2. The van der Waals surface area contributed by atoms with E-state index in [0.717, 1.165) is 128 Å². The number of aromatic nitrogens is 6. The van der Waals surface area contributed by atoms with Crippen molar-refractivity contribution in [1.82, 2.24) is 40.5 Å². The Labute approximate surface area is 611 Å². The van der Waals surface area contributed by atoms with Crippen molar-refractivity contribution in [3.05, 3.63) is 216 Å². The van der Waals surface area contributed by atoms with Gasteiger partial charge in [0.2, 0.25) is 0 Å². The Morgan fingerprint density at radius 2 is 0.736 bits per heavy atom. The number of nitrogens with one attached hydrogen (secondary N) is 8. The van der Waals surface area contributed by atoms with Gasteiger partial charge in [0.25, 0.3) is 0 Å². The number of ether oxygens (including phenoxy) is 6. The molecule has 12 rings (SSSR count). The van der Waals surface area contributed by atoms with Gasteiger partial charge in [-0.05, 0) is 196 Å². The molecule has 10 heterocycles. The summed E-state index contributed by atoms with van der Waals surface area (Å²) >= 11 is 0. The predicted molar refractivity (Wildman–Crippen MR) is 400 cm³/mol. The maximum absolute atomic E-state index is 13.7. The average Bonchev–Trinajstić information content (AvgIpc) is 1.55. The zero-order valence-electron chi connectivity index (χ0n) is 61.9. The second-order valence-corrected chi connectivity index (χ2v) is 27.3. The van der Waals surface area contributed by atoms with Crippen LogP contribution in [0.15, 0.2) is 82.5 Å². The first-order chi connectivity index (χ1) is 50.5. The first-order valence-electron chi connectivity index (χ1n) is 34.6. The van der Waals surface area contributed by atoms with Crippen LogP contribution in [0.25, 0.3) is 60.8 Å². The average molecular weight is 1440 g/mol. The molecule has 4 aliphatic heterocycles. The number of hydrogen-bond donors (Lipinski definition) is 10. The molecule has 0 amide bonds. The molecule has 10 N–H and O–H groups in total. The van der Waals surface area contributed by atoms with Gasteiger partial charge in [0.1, 0.15) is 11.8 Å². The molecule has 0 spiro atoms. The predicted octanol–water partition coefficient (Wildman–Crippen LogP) is 8.31. The van der Waals surface area contributed by atoms with Gasteiger partial charge in [0, 0.05) is 127 Å². The summed E-state index contributed by atoms with van der Waals surface area (Å²) in [6.45, 7) is 23.8. The Morgan fingerprint density at radius 3 is 1.08 bits per heavy atom. The molecular formula is C82H88N8O16. The molecular weight excluding hydrogens is 1350 g/mol. The summed E-state index contributed by atoms with van der Waals surface area (Å²) in [6, 6.07) is 0. The number of allylic oxidation sites excluding steroid dienone is 8. The van der Waals surface area contributed by atoms with Crippen molar-refractivity contribution < 1.29 is 77.0 Å². The molecule has 16 bridgehead atoms. The van der Waals surface area contributed by atoms with E-state index in [1.165, 1.54) is 42.7 Å². The Balaban J connectivity index is 0.000000212. The number of aromatic amines is 6. The van der Waals surface area contributed by atoms with Gasteiger partial charge in [0.15, 0.2) is 0 Å². The molecule has 24 nitrogen and oxygen atoms in total. The molecule has 0 radical (unpaired) electrons. The molecule has 24 heteroatoms. The van der Waals surface area contributed by atoms with Crippen molar-refractivity contribution in [2.45, 2.75) is 107 Å². The zero-order chi connectivity index (χ0) is 76.7. The fourth-order valence-electron chi connectivity index (χ4n) is 15.7. The lowest BCUT2D eigenvalue weighted by molar-refractivity contribution is -0.150. The van der Waals surface area contributed by atoms with E-state index >= 15 is 0 Å². The Hall–Kier alpha value is -12.1. The molecule has 0 aromatic carbocycles. The first-order valence-corrected chi connectivity index (χ1v) is 34.6. The SMILES string of the molecule is C=Cc1c2[nH]c(c1C)C=C1NC(=Cc3[nH]c(c(CCC(=O)O)c3C)C=c3[nH]c(c(C)c3CCC(=O)OC)=C2)[C@@]2(C)C1=CC=C(C(=O)OC)[C@H]2C(=O)OC.C=Cc1c2[nH]c(c1C)C=C1NC(=Cc3[nH]c(c(CCC(=O)OC)c3C)C=c3[nH]c(c(C)c3CCC(=O)O)=C2)[C@@]2(C)C1=CC=C(C(=O)OC)[C@H]2C(=O)OC. The number of hydrogen-bond acceptors (Lipinski definition) is 16. The summed E-state index contributed by atoms with van der Waals surface area (Å²) in [5.41, 5.74) is 19.0. The van der Waals surface area contributed by atoms with Gasteiger partial charge in [-0.1, -0.05) is 49.6 Å². The van der Waals surface area contributed by atoms with E-state index in [9.17, 15) is 48.6 Å². The standard InChI is InChI=1S/2C41H44N4O8/c1-9-23-20(2)29-17-34-27-13-10-26(39(49)52-7)38(40(50)53-8)41(27,5)35(45-34)19-30-22(4)24(11-14-36(46)47)32(44-30)18-33-25(12-15-37(48)51-6)21(3)28(43-33)16-31(23)42-29;1-9-23-20(2)29-17-34-27-13-10-26(39(49)52-7)38(40(50)53-8)41(27,5)35(45-34)19-30-22(4)25(12-15-37(48)51-6)33(44-30)18-32-24(11-14-36(46)47)21(3)28(43-32)16-31(23)42-29/h2*9-10,13,16-19,38,42-45H,1,11-12,14-15H2,2-8H3,(H,46,47)/t2*38-,41+/m00/s1. The van der Waals surface area contributed by atoms with Crippen LogP contribution in [-0.4, -0.2) is 131 Å². The number of rotatable bonds is 18. The highest BCUT2D eigenvalue weighted by molar-refractivity contribution is 6.00. The van der Waals surface area contributed by atoms with E-state index in [-0.39, 0.29) is 55.2 Å². The van der Waals surface area contributed by atoms with Gasteiger partial charge >= 0.3 is 47.8 Å². The third kappa shape index (κ3) is 13.4. The van der Waals surface area contributed by atoms with Crippen LogP contribution in [0.1, 0.15) is 152 Å². The summed E-state index contributed by atoms with van der Waals surface area (Å²) in [5.74, 6) is -7.13. The lowest BCUT2D eigenvalue weighted by Crippen LogP contribution is -2.40.